The van der Waals surface area contributed by atoms with Crippen molar-refractivity contribution in [3.8, 4) is 0 Å². The number of aromatic nitrogens is 1. The van der Waals surface area contributed by atoms with Crippen LogP contribution >= 0.6 is 0 Å². The summed E-state index contributed by atoms with van der Waals surface area (Å²) in [6.07, 6.45) is 9.69. The molecule has 0 spiro atoms. The van der Waals surface area contributed by atoms with Crippen molar-refractivity contribution < 1.29 is 4.57 Å². The number of unbranched alkanes of at least 4 members (excludes halogenated alkanes) is 3. The van der Waals surface area contributed by atoms with Gasteiger partial charge in [0.1, 0.15) is 0 Å². The molecule has 0 aliphatic heterocycles. The summed E-state index contributed by atoms with van der Waals surface area (Å²) < 4.78 is 2.16. The van der Waals surface area contributed by atoms with Gasteiger partial charge < -0.3 is 0 Å². The van der Waals surface area contributed by atoms with Gasteiger partial charge in [0.2, 0.25) is 0 Å². The molecular formula is C18H26N+. The van der Waals surface area contributed by atoms with Gasteiger partial charge in [-0.25, -0.2) is 4.57 Å². The maximum atomic E-state index is 2.23. The summed E-state index contributed by atoms with van der Waals surface area (Å²) in [6, 6.07) is 16.6. The molecule has 0 saturated heterocycles. The van der Waals surface area contributed by atoms with Crippen LogP contribution in [0.2, 0.25) is 0 Å². The molecule has 0 atom stereocenters. The van der Waals surface area contributed by atoms with Gasteiger partial charge in [-0.15, -0.1) is 0 Å². The first-order chi connectivity index (χ1) is 9.36. The molecule has 2 rings (SSSR count). The van der Waals surface area contributed by atoms with Crippen LogP contribution in [0.3, 0.4) is 0 Å². The lowest BCUT2D eigenvalue weighted by molar-refractivity contribution is -0.688. The Morgan fingerprint density at radius 3 is 1.79 bits per heavy atom. The maximum absolute atomic E-state index is 2.23. The van der Waals surface area contributed by atoms with Crippen molar-refractivity contribution in [1.82, 2.24) is 0 Å². The van der Waals surface area contributed by atoms with E-state index in [-0.39, 0.29) is 0 Å². The van der Waals surface area contributed by atoms with Crippen molar-refractivity contribution in [2.45, 2.75) is 46.1 Å². The minimum absolute atomic E-state index is 0.946. The van der Waals surface area contributed by atoms with E-state index in [1.165, 1.54) is 31.2 Å². The zero-order chi connectivity index (χ0) is 13.8. The number of benzene rings is 1. The Bertz CT molecular complexity index is 367. The Balaban J connectivity index is 0.000000258. The molecule has 1 heteroatoms. The zero-order valence-corrected chi connectivity index (χ0v) is 12.3. The van der Waals surface area contributed by atoms with Gasteiger partial charge in [0.05, 0.1) is 0 Å². The lowest BCUT2D eigenvalue weighted by Gasteiger charge is -1.95. The van der Waals surface area contributed by atoms with E-state index in [1.54, 1.807) is 0 Å². The minimum Gasteiger partial charge on any atom is -0.201 e. The van der Waals surface area contributed by atoms with Crippen molar-refractivity contribution in [2.75, 3.05) is 0 Å². The fraction of sp³-hybridized carbons (Fsp3) is 0.389. The number of hydrogen-bond donors (Lipinski definition) is 0. The van der Waals surface area contributed by atoms with E-state index in [0.29, 0.717) is 0 Å². The van der Waals surface area contributed by atoms with Gasteiger partial charge >= 0.3 is 0 Å². The van der Waals surface area contributed by atoms with Crippen LogP contribution in [0.1, 0.15) is 45.1 Å². The standard InChI is InChI=1S/C12H12N.C6H14/c1-3-7-12(8-4-1)11-13-9-5-2-6-10-13;1-3-5-6-4-2/h1-10H,11H2;3-6H2,1-2H3/q+1;. The van der Waals surface area contributed by atoms with Crippen molar-refractivity contribution in [3.05, 3.63) is 66.5 Å². The van der Waals surface area contributed by atoms with Crippen LogP contribution < -0.4 is 4.57 Å². The summed E-state index contributed by atoms with van der Waals surface area (Å²) in [4.78, 5) is 0. The van der Waals surface area contributed by atoms with Crippen molar-refractivity contribution in [1.29, 1.82) is 0 Å². The van der Waals surface area contributed by atoms with Gasteiger partial charge in [-0.1, -0.05) is 75.9 Å². The quantitative estimate of drug-likeness (QED) is 0.543. The zero-order valence-electron chi connectivity index (χ0n) is 12.3. The number of pyridine rings is 1. The molecule has 19 heavy (non-hydrogen) atoms. The van der Waals surface area contributed by atoms with Crippen LogP contribution in [0.25, 0.3) is 0 Å². The molecule has 2 aromatic rings. The molecule has 0 aliphatic carbocycles. The molecule has 0 bridgehead atoms. The van der Waals surface area contributed by atoms with Gasteiger partial charge in [0, 0.05) is 17.7 Å². The molecule has 0 unspecified atom stereocenters. The second-order valence-corrected chi connectivity index (χ2v) is 4.74. The molecule has 1 nitrogen and oxygen atoms in total. The number of rotatable bonds is 5. The molecule has 1 aromatic heterocycles. The second-order valence-electron chi connectivity index (χ2n) is 4.74. The molecule has 0 radical (unpaired) electrons. The fourth-order valence-electron chi connectivity index (χ4n) is 1.83. The van der Waals surface area contributed by atoms with E-state index in [0.717, 1.165) is 6.54 Å². The van der Waals surface area contributed by atoms with Crippen molar-refractivity contribution >= 4 is 0 Å². The van der Waals surface area contributed by atoms with Crippen LogP contribution in [0, 0.1) is 0 Å². The Kier molecular flexibility index (Phi) is 8.37. The lowest BCUT2D eigenvalue weighted by Crippen LogP contribution is -2.32. The number of hydrogen-bond acceptors (Lipinski definition) is 0. The molecule has 0 N–H and O–H groups in total. The Morgan fingerprint density at radius 1 is 0.737 bits per heavy atom. The molecule has 102 valence electrons. The highest BCUT2D eigenvalue weighted by atomic mass is 14.9. The van der Waals surface area contributed by atoms with E-state index in [9.17, 15) is 0 Å². The highest BCUT2D eigenvalue weighted by molar-refractivity contribution is 5.13. The lowest BCUT2D eigenvalue weighted by atomic mass is 10.2. The average molecular weight is 256 g/mol. The third-order valence-corrected chi connectivity index (χ3v) is 2.94. The van der Waals surface area contributed by atoms with E-state index in [4.69, 9.17) is 0 Å². The summed E-state index contributed by atoms with van der Waals surface area (Å²) in [7, 11) is 0. The summed E-state index contributed by atoms with van der Waals surface area (Å²) in [5.41, 5.74) is 1.33. The third-order valence-electron chi connectivity index (χ3n) is 2.94. The van der Waals surface area contributed by atoms with Crippen LogP contribution in [0.5, 0.6) is 0 Å². The van der Waals surface area contributed by atoms with Gasteiger partial charge in [-0.2, -0.15) is 0 Å². The van der Waals surface area contributed by atoms with Crippen molar-refractivity contribution in [2.24, 2.45) is 0 Å². The molecule has 0 amide bonds. The molecule has 1 heterocycles. The normalized spacial score (nSPS) is 9.58. The smallest absolute Gasteiger partial charge is 0.173 e. The second kappa shape index (κ2) is 10.3. The first kappa shape index (κ1) is 15.4. The minimum atomic E-state index is 0.946. The van der Waals surface area contributed by atoms with Crippen LogP contribution in [0.4, 0.5) is 0 Å². The first-order valence-electron chi connectivity index (χ1n) is 7.34. The van der Waals surface area contributed by atoms with Gasteiger partial charge in [0.25, 0.3) is 0 Å². The van der Waals surface area contributed by atoms with E-state index >= 15 is 0 Å². The van der Waals surface area contributed by atoms with Gasteiger partial charge in [-0.05, 0) is 0 Å². The highest BCUT2D eigenvalue weighted by Crippen LogP contribution is 1.96. The Hall–Kier alpha value is -1.63. The molecule has 0 fully saturated rings. The van der Waals surface area contributed by atoms with E-state index in [2.05, 4.69) is 55.1 Å². The highest BCUT2D eigenvalue weighted by Gasteiger charge is 1.98. The van der Waals surface area contributed by atoms with Crippen LogP contribution in [-0.2, 0) is 6.54 Å². The summed E-state index contributed by atoms with van der Waals surface area (Å²) in [5, 5.41) is 0. The maximum Gasteiger partial charge on any atom is 0.173 e. The predicted octanol–water partition coefficient (Wildman–Crippen LogP) is 4.61. The number of nitrogens with zero attached hydrogens (tertiary/aromatic N) is 1. The summed E-state index contributed by atoms with van der Waals surface area (Å²) in [5.74, 6) is 0. The molecule has 0 saturated carbocycles. The largest absolute Gasteiger partial charge is 0.201 e. The van der Waals surface area contributed by atoms with Gasteiger partial charge in [0.15, 0.2) is 18.9 Å². The molecule has 1 aromatic carbocycles. The summed E-state index contributed by atoms with van der Waals surface area (Å²) in [6.45, 7) is 5.41. The van der Waals surface area contributed by atoms with Crippen molar-refractivity contribution in [3.63, 3.8) is 0 Å². The topological polar surface area (TPSA) is 3.88 Å². The van der Waals surface area contributed by atoms with E-state index < -0.39 is 0 Å². The monoisotopic (exact) mass is 256 g/mol. The summed E-state index contributed by atoms with van der Waals surface area (Å²) >= 11 is 0. The Labute approximate surface area is 117 Å². The molecule has 0 aliphatic rings. The molecular weight excluding hydrogens is 230 g/mol. The van der Waals surface area contributed by atoms with Crippen LogP contribution in [0.15, 0.2) is 60.9 Å². The third kappa shape index (κ3) is 7.40. The van der Waals surface area contributed by atoms with Crippen LogP contribution in [-0.4, -0.2) is 0 Å². The SMILES string of the molecule is CCCCCC.c1ccc(C[n+]2ccccc2)cc1. The predicted molar refractivity (Wildman–Crippen MR) is 82.0 cm³/mol. The average Bonchev–Trinajstić information content (AvgIpc) is 2.48. The Morgan fingerprint density at radius 2 is 1.26 bits per heavy atom. The fourth-order valence-corrected chi connectivity index (χ4v) is 1.83. The first-order valence-corrected chi connectivity index (χ1v) is 7.34. The van der Waals surface area contributed by atoms with Gasteiger partial charge in [-0.3, -0.25) is 0 Å². The van der Waals surface area contributed by atoms with E-state index in [1.807, 2.05) is 24.3 Å².